The Hall–Kier alpha value is -1.98. The number of benzene rings is 2. The molecule has 3 heteroatoms. The van der Waals surface area contributed by atoms with Crippen LogP contribution in [-0.4, -0.2) is 7.11 Å². The van der Waals surface area contributed by atoms with Crippen molar-refractivity contribution in [2.24, 2.45) is 0 Å². The van der Waals surface area contributed by atoms with Gasteiger partial charge in [0.1, 0.15) is 5.75 Å². The van der Waals surface area contributed by atoms with E-state index in [-0.39, 0.29) is 0 Å². The predicted octanol–water partition coefficient (Wildman–Crippen LogP) is 4.08. The normalized spacial score (nSPS) is 9.83. The minimum atomic E-state index is 0.374. The highest BCUT2D eigenvalue weighted by molar-refractivity contribution is 6.33. The lowest BCUT2D eigenvalue weighted by atomic mass is 10.0. The van der Waals surface area contributed by atoms with Crippen LogP contribution < -0.4 is 4.74 Å². The van der Waals surface area contributed by atoms with E-state index in [1.54, 1.807) is 7.11 Å². The lowest BCUT2D eigenvalue weighted by Crippen LogP contribution is -1.91. The summed E-state index contributed by atoms with van der Waals surface area (Å²) in [6, 6.07) is 15.5. The maximum absolute atomic E-state index is 8.70. The van der Waals surface area contributed by atoms with E-state index in [0.29, 0.717) is 11.4 Å². The highest BCUT2D eigenvalue weighted by Crippen LogP contribution is 2.35. The highest BCUT2D eigenvalue weighted by atomic mass is 35.5. The summed E-state index contributed by atoms with van der Waals surface area (Å²) in [6.45, 7) is 0. The molecule has 18 heavy (non-hydrogen) atoms. The fraction of sp³-hybridized carbons (Fsp3) is 0.133. The van der Waals surface area contributed by atoms with Gasteiger partial charge in [-0.1, -0.05) is 41.9 Å². The third-order valence-electron chi connectivity index (χ3n) is 2.71. The molecule has 2 nitrogen and oxygen atoms in total. The molecule has 0 unspecified atom stereocenters. The van der Waals surface area contributed by atoms with Gasteiger partial charge in [0, 0.05) is 16.1 Å². The lowest BCUT2D eigenvalue weighted by Gasteiger charge is -2.11. The first-order chi connectivity index (χ1) is 8.76. The number of nitrogens with zero attached hydrogens (tertiary/aromatic N) is 1. The van der Waals surface area contributed by atoms with Gasteiger partial charge in [0.05, 0.1) is 19.6 Å². The third kappa shape index (κ3) is 2.47. The number of nitriles is 1. The average molecular weight is 258 g/mol. The zero-order chi connectivity index (χ0) is 13.0. The number of methoxy groups -OCH3 is 1. The largest absolute Gasteiger partial charge is 0.496 e. The second-order valence-corrected chi connectivity index (χ2v) is 4.26. The molecule has 2 aromatic carbocycles. The topological polar surface area (TPSA) is 33.0 Å². The molecule has 2 rings (SSSR count). The van der Waals surface area contributed by atoms with E-state index in [4.69, 9.17) is 21.6 Å². The molecule has 2 aromatic rings. The second kappa shape index (κ2) is 5.57. The van der Waals surface area contributed by atoms with Crippen LogP contribution in [0.15, 0.2) is 42.5 Å². The fourth-order valence-corrected chi connectivity index (χ4v) is 2.08. The number of hydrogen-bond donors (Lipinski definition) is 0. The molecule has 0 aliphatic carbocycles. The first-order valence-corrected chi connectivity index (χ1v) is 5.93. The summed E-state index contributed by atoms with van der Waals surface area (Å²) in [6.07, 6.45) is 0.374. The number of hydrogen-bond acceptors (Lipinski definition) is 2. The Kier molecular flexibility index (Phi) is 3.86. The van der Waals surface area contributed by atoms with E-state index >= 15 is 0 Å². The van der Waals surface area contributed by atoms with Crippen LogP contribution >= 0.6 is 11.6 Å². The molecule has 0 aliphatic rings. The van der Waals surface area contributed by atoms with Crippen LogP contribution in [0.25, 0.3) is 11.1 Å². The summed E-state index contributed by atoms with van der Waals surface area (Å²) in [5.74, 6) is 0.732. The zero-order valence-electron chi connectivity index (χ0n) is 9.98. The number of halogens is 1. The molecule has 0 saturated heterocycles. The highest BCUT2D eigenvalue weighted by Gasteiger charge is 2.09. The number of rotatable bonds is 3. The van der Waals surface area contributed by atoms with E-state index in [2.05, 4.69) is 6.07 Å². The monoisotopic (exact) mass is 257 g/mol. The smallest absolute Gasteiger partial charge is 0.127 e. The molecule has 0 radical (unpaired) electrons. The molecule has 0 fully saturated rings. The molecular weight excluding hydrogens is 246 g/mol. The van der Waals surface area contributed by atoms with Gasteiger partial charge in [-0.25, -0.2) is 0 Å². The Morgan fingerprint density at radius 1 is 1.17 bits per heavy atom. The van der Waals surface area contributed by atoms with Crippen LogP contribution in [0, 0.1) is 11.3 Å². The van der Waals surface area contributed by atoms with Gasteiger partial charge in [0.25, 0.3) is 0 Å². The van der Waals surface area contributed by atoms with Gasteiger partial charge in [-0.05, 0) is 17.7 Å². The van der Waals surface area contributed by atoms with Gasteiger partial charge < -0.3 is 4.74 Å². The maximum atomic E-state index is 8.70. The van der Waals surface area contributed by atoms with E-state index in [9.17, 15) is 0 Å². The fourth-order valence-electron chi connectivity index (χ4n) is 1.84. The molecule has 0 spiro atoms. The molecule has 0 heterocycles. The summed E-state index contributed by atoms with van der Waals surface area (Å²) in [4.78, 5) is 0. The van der Waals surface area contributed by atoms with E-state index in [1.807, 2.05) is 42.5 Å². The van der Waals surface area contributed by atoms with E-state index in [0.717, 1.165) is 22.4 Å². The molecular formula is C15H12ClNO. The summed E-state index contributed by atoms with van der Waals surface area (Å²) in [5.41, 5.74) is 2.80. The quantitative estimate of drug-likeness (QED) is 0.830. The minimum absolute atomic E-state index is 0.374. The predicted molar refractivity (Wildman–Crippen MR) is 72.8 cm³/mol. The summed E-state index contributed by atoms with van der Waals surface area (Å²) < 4.78 is 5.37. The van der Waals surface area contributed by atoms with Crippen molar-refractivity contribution in [2.75, 3.05) is 7.11 Å². The maximum Gasteiger partial charge on any atom is 0.127 e. The Morgan fingerprint density at radius 3 is 2.61 bits per heavy atom. The first-order valence-electron chi connectivity index (χ1n) is 5.55. The SMILES string of the molecule is COc1cc(CC#N)ccc1-c1ccccc1Cl. The van der Waals surface area contributed by atoms with Crippen molar-refractivity contribution in [3.63, 3.8) is 0 Å². The van der Waals surface area contributed by atoms with Crippen molar-refractivity contribution < 1.29 is 4.74 Å². The van der Waals surface area contributed by atoms with Crippen LogP contribution in [-0.2, 0) is 6.42 Å². The summed E-state index contributed by atoms with van der Waals surface area (Å²) in [7, 11) is 1.62. The third-order valence-corrected chi connectivity index (χ3v) is 3.04. The van der Waals surface area contributed by atoms with Crippen molar-refractivity contribution in [3.05, 3.63) is 53.1 Å². The zero-order valence-corrected chi connectivity index (χ0v) is 10.7. The van der Waals surface area contributed by atoms with Crippen LogP contribution in [0.5, 0.6) is 5.75 Å². The molecule has 0 atom stereocenters. The minimum Gasteiger partial charge on any atom is -0.496 e. The molecule has 90 valence electrons. The molecule has 0 aliphatic heterocycles. The molecule has 0 bridgehead atoms. The van der Waals surface area contributed by atoms with Crippen LogP contribution in [0.2, 0.25) is 5.02 Å². The average Bonchev–Trinajstić information content (AvgIpc) is 2.40. The van der Waals surface area contributed by atoms with Crippen molar-refractivity contribution >= 4 is 11.6 Å². The van der Waals surface area contributed by atoms with Gasteiger partial charge in [0.15, 0.2) is 0 Å². The Bertz CT molecular complexity index is 602. The van der Waals surface area contributed by atoms with Crippen molar-refractivity contribution in [3.8, 4) is 22.9 Å². The van der Waals surface area contributed by atoms with Gasteiger partial charge in [-0.2, -0.15) is 5.26 Å². The standard InChI is InChI=1S/C15H12ClNO/c1-18-15-10-11(8-9-17)6-7-13(15)12-4-2-3-5-14(12)16/h2-7,10H,8H2,1H3. The molecule has 0 saturated carbocycles. The van der Waals surface area contributed by atoms with Crippen molar-refractivity contribution in [1.82, 2.24) is 0 Å². The van der Waals surface area contributed by atoms with E-state index < -0.39 is 0 Å². The van der Waals surface area contributed by atoms with Crippen molar-refractivity contribution in [2.45, 2.75) is 6.42 Å². The summed E-state index contributed by atoms with van der Waals surface area (Å²) >= 11 is 6.18. The molecule has 0 aromatic heterocycles. The van der Waals surface area contributed by atoms with Gasteiger partial charge in [0.2, 0.25) is 0 Å². The van der Waals surface area contributed by atoms with Crippen molar-refractivity contribution in [1.29, 1.82) is 5.26 Å². The first kappa shape index (κ1) is 12.5. The van der Waals surface area contributed by atoms with E-state index in [1.165, 1.54) is 0 Å². The second-order valence-electron chi connectivity index (χ2n) is 3.85. The molecule has 0 amide bonds. The Labute approximate surface area is 111 Å². The Morgan fingerprint density at radius 2 is 1.94 bits per heavy atom. The van der Waals surface area contributed by atoms with Crippen LogP contribution in [0.4, 0.5) is 0 Å². The molecule has 0 N–H and O–H groups in total. The van der Waals surface area contributed by atoms with Gasteiger partial charge in [-0.15, -0.1) is 0 Å². The summed E-state index contributed by atoms with van der Waals surface area (Å²) in [5, 5.41) is 9.39. The number of ether oxygens (including phenoxy) is 1. The van der Waals surface area contributed by atoms with Crippen LogP contribution in [0.1, 0.15) is 5.56 Å². The van der Waals surface area contributed by atoms with Gasteiger partial charge >= 0.3 is 0 Å². The Balaban J connectivity index is 2.52. The van der Waals surface area contributed by atoms with Gasteiger partial charge in [-0.3, -0.25) is 0 Å². The van der Waals surface area contributed by atoms with Crippen LogP contribution in [0.3, 0.4) is 0 Å². The lowest BCUT2D eigenvalue weighted by molar-refractivity contribution is 0.416.